The molecule has 0 saturated heterocycles. The highest BCUT2D eigenvalue weighted by molar-refractivity contribution is 6.09. The monoisotopic (exact) mass is 460 g/mol. The van der Waals surface area contributed by atoms with E-state index in [1.165, 1.54) is 10.9 Å². The molecule has 4 rings (SSSR count). The van der Waals surface area contributed by atoms with E-state index in [9.17, 15) is 4.79 Å². The van der Waals surface area contributed by atoms with Crippen LogP contribution in [0.25, 0.3) is 32.8 Å². The fourth-order valence-electron chi connectivity index (χ4n) is 5.39. The van der Waals surface area contributed by atoms with Crippen molar-refractivity contribution in [3.05, 3.63) is 58.8 Å². The van der Waals surface area contributed by atoms with Gasteiger partial charge in [-0.2, -0.15) is 0 Å². The Labute approximate surface area is 203 Å². The molecule has 5 nitrogen and oxygen atoms in total. The van der Waals surface area contributed by atoms with Crippen LogP contribution in [0.2, 0.25) is 0 Å². The predicted molar refractivity (Wildman–Crippen MR) is 146 cm³/mol. The fourth-order valence-corrected chi connectivity index (χ4v) is 5.39. The Morgan fingerprint density at radius 3 is 1.59 bits per heavy atom. The van der Waals surface area contributed by atoms with Crippen LogP contribution in [0.3, 0.4) is 0 Å². The van der Waals surface area contributed by atoms with Gasteiger partial charge < -0.3 is 18.9 Å². The molecule has 0 aliphatic rings. The van der Waals surface area contributed by atoms with Gasteiger partial charge in [0.15, 0.2) is 0 Å². The molecule has 0 atom stereocenters. The van der Waals surface area contributed by atoms with Crippen molar-refractivity contribution in [2.45, 2.75) is 53.6 Å². The maximum atomic E-state index is 13.9. The molecule has 0 aliphatic carbocycles. The van der Waals surface area contributed by atoms with Gasteiger partial charge in [0.25, 0.3) is 0 Å². The Kier molecular flexibility index (Phi) is 8.07. The standard InChI is InChI=1S/C29H40N4O/c1-5-30(6-2)19-13-21-32-26-18-12-10-16-24(26)29(34)28-27(32)23-15-9-11-17-25(23)33(28)22-14-20-31(7-3)8-4/h9-12,15-18H,5-8,13-14,19-22H2,1-4H3. The van der Waals surface area contributed by atoms with Crippen molar-refractivity contribution in [1.82, 2.24) is 18.9 Å². The van der Waals surface area contributed by atoms with Crippen LogP contribution in [0.1, 0.15) is 40.5 Å². The second-order valence-electron chi connectivity index (χ2n) is 9.12. The normalized spacial score (nSPS) is 12.2. The first-order chi connectivity index (χ1) is 16.6. The van der Waals surface area contributed by atoms with E-state index in [0.29, 0.717) is 0 Å². The quantitative estimate of drug-likeness (QED) is 0.277. The third-order valence-corrected chi connectivity index (χ3v) is 7.37. The van der Waals surface area contributed by atoms with Gasteiger partial charge in [-0.05, 0) is 70.3 Å². The number of aromatic nitrogens is 2. The highest BCUT2D eigenvalue weighted by Gasteiger charge is 2.19. The molecule has 2 aromatic carbocycles. The van der Waals surface area contributed by atoms with Crippen molar-refractivity contribution in [3.8, 4) is 0 Å². The molecule has 0 spiro atoms. The van der Waals surface area contributed by atoms with E-state index in [4.69, 9.17) is 0 Å². The molecule has 0 fully saturated rings. The average molecular weight is 461 g/mol. The number of para-hydroxylation sites is 2. The van der Waals surface area contributed by atoms with Crippen molar-refractivity contribution >= 4 is 32.8 Å². The maximum Gasteiger partial charge on any atom is 0.213 e. The molecule has 0 saturated carbocycles. The third kappa shape index (κ3) is 4.64. The number of fused-ring (bicyclic) bond motifs is 4. The van der Waals surface area contributed by atoms with Gasteiger partial charge in [-0.15, -0.1) is 0 Å². The average Bonchev–Trinajstić information content (AvgIpc) is 3.21. The molecule has 0 N–H and O–H groups in total. The lowest BCUT2D eigenvalue weighted by molar-refractivity contribution is 0.294. The van der Waals surface area contributed by atoms with E-state index in [1.807, 2.05) is 12.1 Å². The van der Waals surface area contributed by atoms with Gasteiger partial charge in [-0.25, -0.2) is 0 Å². The molecule has 0 amide bonds. The lowest BCUT2D eigenvalue weighted by Crippen LogP contribution is -2.25. The lowest BCUT2D eigenvalue weighted by atomic mass is 10.1. The summed E-state index contributed by atoms with van der Waals surface area (Å²) in [4.78, 5) is 18.8. The van der Waals surface area contributed by atoms with Crippen LogP contribution in [-0.2, 0) is 13.1 Å². The number of benzene rings is 2. The van der Waals surface area contributed by atoms with Gasteiger partial charge in [-0.3, -0.25) is 4.79 Å². The molecule has 5 heteroatoms. The van der Waals surface area contributed by atoms with E-state index in [0.717, 1.165) is 87.1 Å². The molecule has 0 unspecified atom stereocenters. The van der Waals surface area contributed by atoms with Gasteiger partial charge >= 0.3 is 0 Å². The topological polar surface area (TPSA) is 33.4 Å². The molecule has 4 aromatic rings. The Bertz CT molecular complexity index is 1290. The molecule has 182 valence electrons. The Balaban J connectivity index is 1.86. The van der Waals surface area contributed by atoms with Crippen LogP contribution in [0, 0.1) is 0 Å². The van der Waals surface area contributed by atoms with E-state index in [1.54, 1.807) is 0 Å². The number of pyridine rings is 1. The Hall–Kier alpha value is -2.63. The van der Waals surface area contributed by atoms with E-state index >= 15 is 0 Å². The predicted octanol–water partition coefficient (Wildman–Crippen LogP) is 5.57. The van der Waals surface area contributed by atoms with E-state index in [-0.39, 0.29) is 5.43 Å². The van der Waals surface area contributed by atoms with E-state index < -0.39 is 0 Å². The second kappa shape index (κ2) is 11.2. The molecular formula is C29H40N4O. The zero-order valence-electron chi connectivity index (χ0n) is 21.4. The van der Waals surface area contributed by atoms with Gasteiger partial charge in [0.1, 0.15) is 5.52 Å². The Morgan fingerprint density at radius 1 is 0.618 bits per heavy atom. The molecule has 2 heterocycles. The highest BCUT2D eigenvalue weighted by atomic mass is 16.1. The first kappa shape index (κ1) is 24.5. The largest absolute Gasteiger partial charge is 0.338 e. The molecule has 0 aliphatic heterocycles. The van der Waals surface area contributed by atoms with Crippen LogP contribution in [0.4, 0.5) is 0 Å². The summed E-state index contributed by atoms with van der Waals surface area (Å²) in [7, 11) is 0. The van der Waals surface area contributed by atoms with Crippen molar-refractivity contribution in [2.75, 3.05) is 39.3 Å². The highest BCUT2D eigenvalue weighted by Crippen LogP contribution is 2.30. The van der Waals surface area contributed by atoms with Gasteiger partial charge in [0, 0.05) is 23.9 Å². The number of aryl methyl sites for hydroxylation is 2. The number of hydrogen-bond donors (Lipinski definition) is 0. The van der Waals surface area contributed by atoms with Crippen molar-refractivity contribution < 1.29 is 0 Å². The minimum atomic E-state index is 0.157. The van der Waals surface area contributed by atoms with Crippen LogP contribution in [-0.4, -0.2) is 58.2 Å². The van der Waals surface area contributed by atoms with Crippen LogP contribution in [0.15, 0.2) is 53.3 Å². The summed E-state index contributed by atoms with van der Waals surface area (Å²) in [5.74, 6) is 0. The first-order valence-electron chi connectivity index (χ1n) is 13.1. The van der Waals surface area contributed by atoms with Crippen molar-refractivity contribution in [1.29, 1.82) is 0 Å². The van der Waals surface area contributed by atoms with Crippen LogP contribution in [0.5, 0.6) is 0 Å². The Morgan fingerprint density at radius 2 is 1.06 bits per heavy atom. The van der Waals surface area contributed by atoms with E-state index in [2.05, 4.69) is 83.0 Å². The van der Waals surface area contributed by atoms with Gasteiger partial charge in [-0.1, -0.05) is 58.0 Å². The van der Waals surface area contributed by atoms with Crippen molar-refractivity contribution in [2.24, 2.45) is 0 Å². The number of nitrogens with zero attached hydrogens (tertiary/aromatic N) is 4. The minimum absolute atomic E-state index is 0.157. The second-order valence-corrected chi connectivity index (χ2v) is 9.12. The van der Waals surface area contributed by atoms with Crippen molar-refractivity contribution in [3.63, 3.8) is 0 Å². The molecule has 34 heavy (non-hydrogen) atoms. The molecule has 0 bridgehead atoms. The molecule has 2 aromatic heterocycles. The summed E-state index contributed by atoms with van der Waals surface area (Å²) < 4.78 is 4.71. The van der Waals surface area contributed by atoms with Gasteiger partial charge in [0.05, 0.1) is 16.6 Å². The minimum Gasteiger partial charge on any atom is -0.338 e. The van der Waals surface area contributed by atoms with Crippen LogP contribution < -0.4 is 5.43 Å². The van der Waals surface area contributed by atoms with Crippen LogP contribution >= 0.6 is 0 Å². The first-order valence-corrected chi connectivity index (χ1v) is 13.1. The SMILES string of the molecule is CCN(CC)CCCn1c2ccccc2c2c1c(=O)c1ccccc1n2CCCN(CC)CC. The number of rotatable bonds is 12. The summed E-state index contributed by atoms with van der Waals surface area (Å²) >= 11 is 0. The zero-order valence-corrected chi connectivity index (χ0v) is 21.4. The summed E-state index contributed by atoms with van der Waals surface area (Å²) in [6, 6.07) is 16.7. The summed E-state index contributed by atoms with van der Waals surface area (Å²) in [6.45, 7) is 17.0. The molecule has 0 radical (unpaired) electrons. The zero-order chi connectivity index (χ0) is 24.1. The third-order valence-electron chi connectivity index (χ3n) is 7.37. The lowest BCUT2D eigenvalue weighted by Gasteiger charge is -2.20. The summed E-state index contributed by atoms with van der Waals surface area (Å²) in [6.07, 6.45) is 2.09. The fraction of sp³-hybridized carbons (Fsp3) is 0.483. The maximum absolute atomic E-state index is 13.9. The summed E-state index contributed by atoms with van der Waals surface area (Å²) in [5, 5.41) is 2.01. The summed E-state index contributed by atoms with van der Waals surface area (Å²) in [5.41, 5.74) is 4.33. The smallest absolute Gasteiger partial charge is 0.213 e. The number of hydrogen-bond acceptors (Lipinski definition) is 3. The van der Waals surface area contributed by atoms with Gasteiger partial charge in [0.2, 0.25) is 5.43 Å². The molecular weight excluding hydrogens is 420 g/mol.